The van der Waals surface area contributed by atoms with Crippen molar-refractivity contribution in [2.75, 3.05) is 23.4 Å². The van der Waals surface area contributed by atoms with E-state index in [2.05, 4.69) is 21.8 Å². The zero-order valence-electron chi connectivity index (χ0n) is 10.5. The minimum Gasteiger partial charge on any atom is -0.467 e. The molecule has 2 N–H and O–H groups in total. The molecular weight excluding hydrogens is 248 g/mol. The van der Waals surface area contributed by atoms with Crippen LogP contribution in [0.15, 0.2) is 34.0 Å². The third-order valence-electron chi connectivity index (χ3n) is 2.53. The van der Waals surface area contributed by atoms with Gasteiger partial charge in [0.2, 0.25) is 0 Å². The van der Waals surface area contributed by atoms with Crippen LogP contribution in [0.1, 0.15) is 12.7 Å². The number of aromatic nitrogens is 2. The summed E-state index contributed by atoms with van der Waals surface area (Å²) in [6, 6.07) is 5.61. The van der Waals surface area contributed by atoms with E-state index < -0.39 is 0 Å². The van der Waals surface area contributed by atoms with Crippen molar-refractivity contribution >= 4 is 23.4 Å². The highest BCUT2D eigenvalue weighted by Crippen LogP contribution is 2.20. The lowest BCUT2D eigenvalue weighted by Crippen LogP contribution is -2.23. The number of nitrogen functional groups attached to an aromatic ring is 1. The van der Waals surface area contributed by atoms with E-state index in [0.29, 0.717) is 17.5 Å². The summed E-state index contributed by atoms with van der Waals surface area (Å²) in [5, 5.41) is 0.683. The molecule has 0 unspecified atom stereocenters. The minimum absolute atomic E-state index is 0.488. The average molecular weight is 264 g/mol. The van der Waals surface area contributed by atoms with Crippen LogP contribution in [-0.4, -0.2) is 22.8 Å². The Morgan fingerprint density at radius 3 is 2.89 bits per heavy atom. The molecule has 0 amide bonds. The molecular formula is C12H16N4OS. The number of rotatable bonds is 5. The van der Waals surface area contributed by atoms with Gasteiger partial charge in [-0.05, 0) is 25.3 Å². The fourth-order valence-electron chi connectivity index (χ4n) is 1.63. The standard InChI is InChI=1S/C12H16N4OS/c1-3-16(8-9-5-4-6-17-9)11-7-10(13)14-12(15-11)18-2/h4-7H,3,8H2,1-2H3,(H2,13,14,15). The Morgan fingerprint density at radius 1 is 1.44 bits per heavy atom. The highest BCUT2D eigenvalue weighted by Gasteiger charge is 2.11. The summed E-state index contributed by atoms with van der Waals surface area (Å²) in [7, 11) is 0. The maximum absolute atomic E-state index is 5.79. The van der Waals surface area contributed by atoms with Gasteiger partial charge in [-0.25, -0.2) is 9.97 Å². The lowest BCUT2D eigenvalue weighted by atomic mass is 10.3. The fraction of sp³-hybridized carbons (Fsp3) is 0.333. The largest absolute Gasteiger partial charge is 0.467 e. The fourth-order valence-corrected chi connectivity index (χ4v) is 2.01. The predicted molar refractivity (Wildman–Crippen MR) is 73.7 cm³/mol. The van der Waals surface area contributed by atoms with E-state index >= 15 is 0 Å². The van der Waals surface area contributed by atoms with Crippen LogP contribution in [0.4, 0.5) is 11.6 Å². The summed E-state index contributed by atoms with van der Waals surface area (Å²) < 4.78 is 5.35. The summed E-state index contributed by atoms with van der Waals surface area (Å²) in [6.45, 7) is 3.57. The normalized spacial score (nSPS) is 10.6. The Balaban J connectivity index is 2.24. The van der Waals surface area contributed by atoms with Crippen LogP contribution in [0.25, 0.3) is 0 Å². The van der Waals surface area contributed by atoms with Crippen LogP contribution in [0, 0.1) is 0 Å². The molecule has 0 aliphatic heterocycles. The van der Waals surface area contributed by atoms with Gasteiger partial charge >= 0.3 is 0 Å². The van der Waals surface area contributed by atoms with Crippen LogP contribution in [0.5, 0.6) is 0 Å². The second kappa shape index (κ2) is 5.77. The molecule has 18 heavy (non-hydrogen) atoms. The van der Waals surface area contributed by atoms with Gasteiger partial charge in [-0.15, -0.1) is 0 Å². The highest BCUT2D eigenvalue weighted by atomic mass is 32.2. The lowest BCUT2D eigenvalue weighted by molar-refractivity contribution is 0.502. The smallest absolute Gasteiger partial charge is 0.191 e. The van der Waals surface area contributed by atoms with Crippen molar-refractivity contribution in [2.45, 2.75) is 18.6 Å². The Morgan fingerprint density at radius 2 is 2.28 bits per heavy atom. The first-order valence-electron chi connectivity index (χ1n) is 5.68. The van der Waals surface area contributed by atoms with E-state index in [0.717, 1.165) is 18.1 Å². The average Bonchev–Trinajstić information content (AvgIpc) is 2.88. The van der Waals surface area contributed by atoms with Gasteiger partial charge in [0.1, 0.15) is 17.4 Å². The summed E-state index contributed by atoms with van der Waals surface area (Å²) in [5.74, 6) is 2.22. The van der Waals surface area contributed by atoms with Crippen molar-refractivity contribution < 1.29 is 4.42 Å². The first-order chi connectivity index (χ1) is 8.72. The van der Waals surface area contributed by atoms with E-state index in [1.807, 2.05) is 18.4 Å². The number of furan rings is 1. The van der Waals surface area contributed by atoms with Crippen LogP contribution in [-0.2, 0) is 6.54 Å². The number of hydrogen-bond donors (Lipinski definition) is 1. The quantitative estimate of drug-likeness (QED) is 0.660. The van der Waals surface area contributed by atoms with Gasteiger partial charge in [-0.1, -0.05) is 11.8 Å². The van der Waals surface area contributed by atoms with Gasteiger partial charge in [0, 0.05) is 12.6 Å². The Kier molecular flexibility index (Phi) is 4.09. The monoisotopic (exact) mass is 264 g/mol. The minimum atomic E-state index is 0.488. The van der Waals surface area contributed by atoms with Gasteiger partial charge in [0.25, 0.3) is 0 Å². The molecule has 0 aromatic carbocycles. The molecule has 2 heterocycles. The van der Waals surface area contributed by atoms with Crippen LogP contribution in [0.2, 0.25) is 0 Å². The van der Waals surface area contributed by atoms with Crippen molar-refractivity contribution in [3.8, 4) is 0 Å². The first kappa shape index (κ1) is 12.8. The molecule has 0 atom stereocenters. The number of nitrogens with zero attached hydrogens (tertiary/aromatic N) is 3. The molecule has 5 nitrogen and oxygen atoms in total. The zero-order valence-corrected chi connectivity index (χ0v) is 11.3. The van der Waals surface area contributed by atoms with E-state index in [1.165, 1.54) is 11.8 Å². The molecule has 0 spiro atoms. The van der Waals surface area contributed by atoms with Crippen molar-refractivity contribution in [1.82, 2.24) is 9.97 Å². The number of nitrogens with two attached hydrogens (primary N) is 1. The summed E-state index contributed by atoms with van der Waals surface area (Å²) in [6.07, 6.45) is 3.60. The van der Waals surface area contributed by atoms with Gasteiger partial charge in [0.15, 0.2) is 5.16 Å². The van der Waals surface area contributed by atoms with Crippen molar-refractivity contribution in [2.24, 2.45) is 0 Å². The summed E-state index contributed by atoms with van der Waals surface area (Å²) in [4.78, 5) is 10.7. The Labute approximate surface area is 110 Å². The summed E-state index contributed by atoms with van der Waals surface area (Å²) >= 11 is 1.48. The van der Waals surface area contributed by atoms with Gasteiger partial charge in [0.05, 0.1) is 12.8 Å². The number of thioether (sulfide) groups is 1. The second-order valence-electron chi connectivity index (χ2n) is 3.73. The van der Waals surface area contributed by atoms with Gasteiger partial charge < -0.3 is 15.1 Å². The van der Waals surface area contributed by atoms with Crippen molar-refractivity contribution in [3.63, 3.8) is 0 Å². The maximum atomic E-state index is 5.79. The molecule has 0 saturated carbocycles. The van der Waals surface area contributed by atoms with Crippen molar-refractivity contribution in [1.29, 1.82) is 0 Å². The molecule has 2 aromatic rings. The molecule has 0 radical (unpaired) electrons. The van der Waals surface area contributed by atoms with Crippen LogP contribution in [0.3, 0.4) is 0 Å². The van der Waals surface area contributed by atoms with Crippen molar-refractivity contribution in [3.05, 3.63) is 30.2 Å². The molecule has 0 aliphatic carbocycles. The highest BCUT2D eigenvalue weighted by molar-refractivity contribution is 7.98. The number of anilines is 2. The summed E-state index contributed by atoms with van der Waals surface area (Å²) in [5.41, 5.74) is 5.79. The van der Waals surface area contributed by atoms with Gasteiger partial charge in [-0.2, -0.15) is 0 Å². The van der Waals surface area contributed by atoms with E-state index in [-0.39, 0.29) is 0 Å². The van der Waals surface area contributed by atoms with Gasteiger partial charge in [-0.3, -0.25) is 0 Å². The predicted octanol–water partition coefficient (Wildman–Crippen LogP) is 2.40. The molecule has 6 heteroatoms. The molecule has 0 aliphatic rings. The molecule has 2 aromatic heterocycles. The zero-order chi connectivity index (χ0) is 13.0. The molecule has 96 valence electrons. The Hall–Kier alpha value is -1.69. The molecule has 0 bridgehead atoms. The third-order valence-corrected chi connectivity index (χ3v) is 3.07. The second-order valence-corrected chi connectivity index (χ2v) is 4.50. The van der Waals surface area contributed by atoms with E-state index in [4.69, 9.17) is 10.2 Å². The Bertz CT molecular complexity index is 501. The molecule has 0 fully saturated rings. The van der Waals surface area contributed by atoms with Crippen LogP contribution >= 0.6 is 11.8 Å². The topological polar surface area (TPSA) is 68.2 Å². The third kappa shape index (κ3) is 2.95. The van der Waals surface area contributed by atoms with Crippen LogP contribution < -0.4 is 10.6 Å². The molecule has 2 rings (SSSR count). The maximum Gasteiger partial charge on any atom is 0.191 e. The SMILES string of the molecule is CCN(Cc1ccco1)c1cc(N)nc(SC)n1. The van der Waals surface area contributed by atoms with E-state index in [9.17, 15) is 0 Å². The number of hydrogen-bond acceptors (Lipinski definition) is 6. The van der Waals surface area contributed by atoms with E-state index in [1.54, 1.807) is 12.3 Å². The lowest BCUT2D eigenvalue weighted by Gasteiger charge is -2.21. The first-order valence-corrected chi connectivity index (χ1v) is 6.91. The molecule has 0 saturated heterocycles.